The first-order chi connectivity index (χ1) is 10.2. The molecule has 0 saturated carbocycles. The van der Waals surface area contributed by atoms with Crippen molar-refractivity contribution in [3.05, 3.63) is 53.2 Å². The Labute approximate surface area is 129 Å². The largest absolute Gasteiger partial charge is 0.366 e. The molecular weight excluding hydrogens is 286 g/mol. The van der Waals surface area contributed by atoms with Gasteiger partial charge in [0.25, 0.3) is 0 Å². The summed E-state index contributed by atoms with van der Waals surface area (Å²) in [6, 6.07) is 11.3. The van der Waals surface area contributed by atoms with Crippen molar-refractivity contribution < 1.29 is 4.79 Å². The molecule has 2 N–H and O–H groups in total. The van der Waals surface area contributed by atoms with E-state index in [4.69, 9.17) is 11.6 Å². The third-order valence-electron chi connectivity index (χ3n) is 2.94. The fourth-order valence-electron chi connectivity index (χ4n) is 1.85. The van der Waals surface area contributed by atoms with E-state index in [1.807, 2.05) is 43.3 Å². The minimum Gasteiger partial charge on any atom is -0.366 e. The molecule has 1 aromatic heterocycles. The lowest BCUT2D eigenvalue weighted by Crippen LogP contribution is -2.11. The lowest BCUT2D eigenvalue weighted by molar-refractivity contribution is -0.116. The van der Waals surface area contributed by atoms with Crippen molar-refractivity contribution in [3.8, 4) is 0 Å². The van der Waals surface area contributed by atoms with E-state index in [0.717, 1.165) is 22.8 Å². The van der Waals surface area contributed by atoms with Gasteiger partial charge in [-0.1, -0.05) is 36.7 Å². The van der Waals surface area contributed by atoms with Gasteiger partial charge in [-0.3, -0.25) is 4.79 Å². The lowest BCUT2D eigenvalue weighted by Gasteiger charge is -2.08. The van der Waals surface area contributed by atoms with Crippen LogP contribution in [0.25, 0.3) is 0 Å². The molecular formula is C16H18ClN3O. The number of hydrogen-bond acceptors (Lipinski definition) is 3. The second kappa shape index (κ2) is 7.64. The highest BCUT2D eigenvalue weighted by Crippen LogP contribution is 2.17. The van der Waals surface area contributed by atoms with Crippen LogP contribution in [0.1, 0.15) is 25.3 Å². The zero-order valence-electron chi connectivity index (χ0n) is 11.9. The standard InChI is InChI=1S/C16H18ClN3O/c1-2-5-16(21)20-13-8-9-15(19-11-13)18-10-12-6-3-4-7-14(12)17/h3-4,6-9,11H,2,5,10H2,1H3,(H,18,19)(H,20,21). The minimum absolute atomic E-state index is 0.0103. The Morgan fingerprint density at radius 1 is 1.24 bits per heavy atom. The van der Waals surface area contributed by atoms with Gasteiger partial charge in [-0.2, -0.15) is 0 Å². The van der Waals surface area contributed by atoms with Crippen LogP contribution < -0.4 is 10.6 Å². The summed E-state index contributed by atoms with van der Waals surface area (Å²) in [6.45, 7) is 2.58. The van der Waals surface area contributed by atoms with E-state index in [0.29, 0.717) is 18.7 Å². The van der Waals surface area contributed by atoms with Gasteiger partial charge in [0.2, 0.25) is 5.91 Å². The summed E-state index contributed by atoms with van der Waals surface area (Å²) in [4.78, 5) is 15.7. The predicted molar refractivity (Wildman–Crippen MR) is 86.6 cm³/mol. The van der Waals surface area contributed by atoms with Crippen LogP contribution >= 0.6 is 11.6 Å². The first-order valence-electron chi connectivity index (χ1n) is 6.92. The monoisotopic (exact) mass is 303 g/mol. The van der Waals surface area contributed by atoms with Crippen molar-refractivity contribution in [1.82, 2.24) is 4.98 Å². The van der Waals surface area contributed by atoms with Gasteiger partial charge < -0.3 is 10.6 Å². The molecule has 0 fully saturated rings. The number of carbonyl (C=O) groups excluding carboxylic acids is 1. The quantitative estimate of drug-likeness (QED) is 0.845. The van der Waals surface area contributed by atoms with E-state index in [1.165, 1.54) is 0 Å². The molecule has 0 atom stereocenters. The summed E-state index contributed by atoms with van der Waals surface area (Å²) in [5, 5.41) is 6.73. The fourth-order valence-corrected chi connectivity index (χ4v) is 2.05. The van der Waals surface area contributed by atoms with E-state index >= 15 is 0 Å². The van der Waals surface area contributed by atoms with Gasteiger partial charge in [-0.15, -0.1) is 0 Å². The molecule has 0 saturated heterocycles. The topological polar surface area (TPSA) is 54.0 Å². The molecule has 2 rings (SSSR count). The molecule has 0 radical (unpaired) electrons. The van der Waals surface area contributed by atoms with Gasteiger partial charge in [0.1, 0.15) is 5.82 Å². The zero-order chi connectivity index (χ0) is 15.1. The molecule has 2 aromatic rings. The summed E-state index contributed by atoms with van der Waals surface area (Å²) in [5.41, 5.74) is 1.72. The summed E-state index contributed by atoms with van der Waals surface area (Å²) in [7, 11) is 0. The van der Waals surface area contributed by atoms with Crippen LogP contribution in [0.15, 0.2) is 42.6 Å². The Balaban J connectivity index is 1.91. The van der Waals surface area contributed by atoms with Gasteiger partial charge in [-0.05, 0) is 30.2 Å². The second-order valence-corrected chi connectivity index (χ2v) is 5.08. The van der Waals surface area contributed by atoms with Crippen molar-refractivity contribution in [3.63, 3.8) is 0 Å². The second-order valence-electron chi connectivity index (χ2n) is 4.68. The first-order valence-corrected chi connectivity index (χ1v) is 7.30. The molecule has 5 heteroatoms. The number of rotatable bonds is 6. The van der Waals surface area contributed by atoms with Crippen LogP contribution in [0.4, 0.5) is 11.5 Å². The molecule has 21 heavy (non-hydrogen) atoms. The maximum Gasteiger partial charge on any atom is 0.224 e. The van der Waals surface area contributed by atoms with E-state index in [2.05, 4.69) is 15.6 Å². The van der Waals surface area contributed by atoms with Gasteiger partial charge in [-0.25, -0.2) is 4.98 Å². The number of anilines is 2. The highest BCUT2D eigenvalue weighted by atomic mass is 35.5. The molecule has 0 aliphatic rings. The number of carbonyl (C=O) groups is 1. The number of amides is 1. The van der Waals surface area contributed by atoms with E-state index in [-0.39, 0.29) is 5.91 Å². The maximum atomic E-state index is 11.5. The summed E-state index contributed by atoms with van der Waals surface area (Å²) >= 11 is 6.09. The number of nitrogens with one attached hydrogen (secondary N) is 2. The molecule has 0 spiro atoms. The third kappa shape index (κ3) is 4.76. The number of hydrogen-bond donors (Lipinski definition) is 2. The number of nitrogens with zero attached hydrogens (tertiary/aromatic N) is 1. The van der Waals surface area contributed by atoms with Crippen LogP contribution in [0.5, 0.6) is 0 Å². The SMILES string of the molecule is CCCC(=O)Nc1ccc(NCc2ccccc2Cl)nc1. The molecule has 110 valence electrons. The van der Waals surface area contributed by atoms with E-state index < -0.39 is 0 Å². The van der Waals surface area contributed by atoms with E-state index in [1.54, 1.807) is 6.20 Å². The van der Waals surface area contributed by atoms with Crippen LogP contribution in [0, 0.1) is 0 Å². The smallest absolute Gasteiger partial charge is 0.224 e. The van der Waals surface area contributed by atoms with Crippen molar-refractivity contribution in [2.75, 3.05) is 10.6 Å². The third-order valence-corrected chi connectivity index (χ3v) is 3.31. The Hall–Kier alpha value is -2.07. The van der Waals surface area contributed by atoms with Crippen LogP contribution in [0.2, 0.25) is 5.02 Å². The maximum absolute atomic E-state index is 11.5. The number of aromatic nitrogens is 1. The average molecular weight is 304 g/mol. The highest BCUT2D eigenvalue weighted by molar-refractivity contribution is 6.31. The van der Waals surface area contributed by atoms with Gasteiger partial charge in [0, 0.05) is 18.0 Å². The van der Waals surface area contributed by atoms with Crippen LogP contribution in [0.3, 0.4) is 0 Å². The van der Waals surface area contributed by atoms with Crippen molar-refractivity contribution >= 4 is 29.0 Å². The fraction of sp³-hybridized carbons (Fsp3) is 0.250. The highest BCUT2D eigenvalue weighted by Gasteiger charge is 2.02. The molecule has 0 aliphatic heterocycles. The van der Waals surface area contributed by atoms with Crippen LogP contribution in [-0.2, 0) is 11.3 Å². The van der Waals surface area contributed by atoms with Gasteiger partial charge in [0.05, 0.1) is 11.9 Å². The predicted octanol–water partition coefficient (Wildman–Crippen LogP) is 4.09. The molecule has 1 amide bonds. The Kier molecular flexibility index (Phi) is 5.58. The summed E-state index contributed by atoms with van der Waals surface area (Å²) < 4.78 is 0. The molecule has 0 bridgehead atoms. The Morgan fingerprint density at radius 3 is 2.71 bits per heavy atom. The molecule has 1 heterocycles. The van der Waals surface area contributed by atoms with E-state index in [9.17, 15) is 4.79 Å². The van der Waals surface area contributed by atoms with Gasteiger partial charge >= 0.3 is 0 Å². The summed E-state index contributed by atoms with van der Waals surface area (Å²) in [5.74, 6) is 0.750. The minimum atomic E-state index is 0.0103. The van der Waals surface area contributed by atoms with Crippen molar-refractivity contribution in [2.24, 2.45) is 0 Å². The molecule has 0 aliphatic carbocycles. The van der Waals surface area contributed by atoms with Crippen molar-refractivity contribution in [1.29, 1.82) is 0 Å². The average Bonchev–Trinajstić information content (AvgIpc) is 2.48. The van der Waals surface area contributed by atoms with Gasteiger partial charge in [0.15, 0.2) is 0 Å². The molecule has 4 nitrogen and oxygen atoms in total. The lowest BCUT2D eigenvalue weighted by atomic mass is 10.2. The Morgan fingerprint density at radius 2 is 2.05 bits per heavy atom. The van der Waals surface area contributed by atoms with Crippen LogP contribution in [-0.4, -0.2) is 10.9 Å². The number of halogens is 1. The zero-order valence-corrected chi connectivity index (χ0v) is 12.7. The molecule has 0 unspecified atom stereocenters. The normalized spacial score (nSPS) is 10.2. The van der Waals surface area contributed by atoms with Crippen molar-refractivity contribution in [2.45, 2.75) is 26.3 Å². The molecule has 1 aromatic carbocycles. The number of pyridine rings is 1. The Bertz CT molecular complexity index is 599. The first kappa shape index (κ1) is 15.3. The summed E-state index contributed by atoms with van der Waals surface area (Å²) in [6.07, 6.45) is 2.99. The number of benzene rings is 1.